The van der Waals surface area contributed by atoms with Crippen molar-refractivity contribution in [2.45, 2.75) is 88.6 Å². The molecule has 0 radical (unpaired) electrons. The fraction of sp³-hybridized carbons (Fsp3) is 0.380. The molecule has 4 aromatic carbocycles. The minimum absolute atomic E-state index is 0.0810. The smallest absolute Gasteiger partial charge is 0.407 e. The van der Waals surface area contributed by atoms with E-state index in [9.17, 15) is 29.1 Å². The molecule has 2 aliphatic heterocycles. The molecular weight excluding hydrogens is 801 g/mol. The molecule has 4 amide bonds. The number of carbonyl (C=O) groups is 5. The highest BCUT2D eigenvalue weighted by molar-refractivity contribution is 5.87. The molecule has 4 N–H and O–H groups in total. The van der Waals surface area contributed by atoms with Crippen LogP contribution in [0.5, 0.6) is 0 Å². The number of alkyl carbamates (subject to hydrolysis) is 2. The van der Waals surface area contributed by atoms with Crippen LogP contribution in [0.25, 0.3) is 11.1 Å². The van der Waals surface area contributed by atoms with Crippen molar-refractivity contribution < 1.29 is 43.3 Å². The van der Waals surface area contributed by atoms with Crippen LogP contribution in [0.4, 0.5) is 9.59 Å². The normalized spacial score (nSPS) is 20.0. The summed E-state index contributed by atoms with van der Waals surface area (Å²) in [5.41, 5.74) is 7.31. The number of nitrogens with zero attached hydrogens (tertiary/aromatic N) is 1. The highest BCUT2D eigenvalue weighted by Crippen LogP contribution is 2.44. The first kappa shape index (κ1) is 44.6. The van der Waals surface area contributed by atoms with Gasteiger partial charge >= 0.3 is 18.2 Å². The van der Waals surface area contributed by atoms with Crippen LogP contribution in [0.3, 0.4) is 0 Å². The molecule has 0 fully saturated rings. The maximum atomic E-state index is 14.0. The molecule has 0 unspecified atom stereocenters. The Labute approximate surface area is 368 Å². The fourth-order valence-electron chi connectivity index (χ4n) is 8.61. The van der Waals surface area contributed by atoms with Gasteiger partial charge in [-0.1, -0.05) is 115 Å². The van der Waals surface area contributed by atoms with Gasteiger partial charge in [0, 0.05) is 25.4 Å². The summed E-state index contributed by atoms with van der Waals surface area (Å²) in [5.74, 6) is -2.15. The number of cyclic esters (lactones) is 1. The third-order valence-corrected chi connectivity index (χ3v) is 12.0. The number of rotatable bonds is 13. The number of carbonyl (C=O) groups excluding carboxylic acids is 5. The van der Waals surface area contributed by atoms with E-state index < -0.39 is 42.2 Å². The lowest BCUT2D eigenvalue weighted by Crippen LogP contribution is -2.48. The third kappa shape index (κ3) is 11.9. The van der Waals surface area contributed by atoms with E-state index in [-0.39, 0.29) is 63.4 Å². The SMILES string of the molecule is O=C(NCCCC[C@H]1COC(=O)[C@@H](NC(=O)OCC2c3ccccc3-c3ccccc32)CCC=CC[C@H](CC(=O)N2Cc3ccccc3C[C@H]2CO)C(=O)N1)OCc1ccccc1. The number of nitrogens with one attached hydrogen (secondary N) is 3. The topological polar surface area (TPSA) is 173 Å². The Morgan fingerprint density at radius 3 is 2.25 bits per heavy atom. The Kier molecular flexibility index (Phi) is 15.6. The van der Waals surface area contributed by atoms with Crippen LogP contribution >= 0.6 is 0 Å². The van der Waals surface area contributed by atoms with Crippen molar-refractivity contribution in [2.24, 2.45) is 5.92 Å². The van der Waals surface area contributed by atoms with E-state index in [1.54, 1.807) is 4.90 Å². The van der Waals surface area contributed by atoms with E-state index in [0.717, 1.165) is 38.9 Å². The van der Waals surface area contributed by atoms with Crippen molar-refractivity contribution in [2.75, 3.05) is 26.4 Å². The number of ether oxygens (including phenoxy) is 3. The van der Waals surface area contributed by atoms with Crippen LogP contribution in [0.1, 0.15) is 78.7 Å². The van der Waals surface area contributed by atoms with Crippen molar-refractivity contribution >= 4 is 30.0 Å². The Morgan fingerprint density at radius 2 is 1.51 bits per heavy atom. The highest BCUT2D eigenvalue weighted by atomic mass is 16.6. The van der Waals surface area contributed by atoms with Crippen molar-refractivity contribution in [1.82, 2.24) is 20.9 Å². The van der Waals surface area contributed by atoms with Gasteiger partial charge in [0.2, 0.25) is 11.8 Å². The maximum absolute atomic E-state index is 14.0. The van der Waals surface area contributed by atoms with Crippen molar-refractivity contribution in [3.8, 4) is 11.1 Å². The number of unbranched alkanes of at least 4 members (excludes halogenated alkanes) is 1. The van der Waals surface area contributed by atoms with Crippen molar-refractivity contribution in [1.29, 1.82) is 0 Å². The number of aliphatic hydroxyl groups excluding tert-OH is 1. The first-order chi connectivity index (χ1) is 30.8. The number of aliphatic hydroxyl groups is 1. The first-order valence-electron chi connectivity index (χ1n) is 21.9. The Hall–Kier alpha value is -6.47. The summed E-state index contributed by atoms with van der Waals surface area (Å²) in [5, 5.41) is 18.8. The van der Waals surface area contributed by atoms with E-state index in [4.69, 9.17) is 14.2 Å². The minimum atomic E-state index is -1.02. The third-order valence-electron chi connectivity index (χ3n) is 12.0. The van der Waals surface area contributed by atoms with Crippen LogP contribution < -0.4 is 16.0 Å². The summed E-state index contributed by atoms with van der Waals surface area (Å²) >= 11 is 0. The number of amides is 4. The Bertz CT molecular complexity index is 2200. The van der Waals surface area contributed by atoms with Gasteiger partial charge in [-0.25, -0.2) is 14.4 Å². The standard InChI is InChI=1S/C50H56N4O9/c55-30-39-27-35-17-7-8-19-37(35)29-54(39)46(56)28-36-18-5-2-6-25-45(53-50(60)63-33-44-42-23-11-9-21-40(42)41-22-10-12-24-43(41)44)48(58)61-32-38(52-47(36)57)20-13-14-26-51-49(59)62-31-34-15-3-1-4-16-34/h1-5,7-12,15-17,19,21-24,36,38-39,44-45,55H,6,13-14,18,20,25-33H2,(H,51,59)(H,52,57)(H,53,60)/t36-,38+,39+,45+/m1/s1. The van der Waals surface area contributed by atoms with Crippen LogP contribution in [-0.2, 0) is 48.2 Å². The Morgan fingerprint density at radius 1 is 0.810 bits per heavy atom. The Balaban J connectivity index is 0.988. The zero-order chi connectivity index (χ0) is 44.0. The molecule has 4 atom stereocenters. The fourth-order valence-corrected chi connectivity index (χ4v) is 8.61. The summed E-state index contributed by atoms with van der Waals surface area (Å²) in [6.07, 6.45) is 5.18. The first-order valence-corrected chi connectivity index (χ1v) is 21.9. The molecule has 0 aromatic heterocycles. The summed E-state index contributed by atoms with van der Waals surface area (Å²) in [4.78, 5) is 68.9. The lowest BCUT2D eigenvalue weighted by Gasteiger charge is -2.36. The van der Waals surface area contributed by atoms with Crippen LogP contribution in [0.2, 0.25) is 0 Å². The number of esters is 1. The zero-order valence-corrected chi connectivity index (χ0v) is 35.4. The van der Waals surface area contributed by atoms with Crippen molar-refractivity contribution in [3.63, 3.8) is 0 Å². The molecule has 1 aliphatic carbocycles. The van der Waals surface area contributed by atoms with E-state index in [2.05, 4.69) is 28.1 Å². The average Bonchev–Trinajstić information content (AvgIpc) is 3.63. The second-order valence-electron chi connectivity index (χ2n) is 16.4. The number of benzene rings is 4. The molecule has 0 bridgehead atoms. The molecule has 330 valence electrons. The predicted octanol–water partition coefficient (Wildman–Crippen LogP) is 6.71. The van der Waals surface area contributed by atoms with Gasteiger partial charge in [0.25, 0.3) is 0 Å². The predicted molar refractivity (Wildman–Crippen MR) is 236 cm³/mol. The molecule has 3 aliphatic rings. The van der Waals surface area contributed by atoms with Gasteiger partial charge in [0.05, 0.1) is 24.6 Å². The lowest BCUT2D eigenvalue weighted by atomic mass is 9.92. The molecule has 0 saturated carbocycles. The summed E-state index contributed by atoms with van der Waals surface area (Å²) in [7, 11) is 0. The summed E-state index contributed by atoms with van der Waals surface area (Å²) < 4.78 is 16.9. The van der Waals surface area contributed by atoms with E-state index >= 15 is 0 Å². The van der Waals surface area contributed by atoms with Gasteiger partial charge in [-0.05, 0) is 83.9 Å². The monoisotopic (exact) mass is 856 g/mol. The number of hydrogen-bond acceptors (Lipinski definition) is 9. The van der Waals surface area contributed by atoms with E-state index in [1.807, 2.05) is 103 Å². The molecule has 7 rings (SSSR count). The van der Waals surface area contributed by atoms with Crippen molar-refractivity contribution in [3.05, 3.63) is 143 Å². The van der Waals surface area contributed by atoms with Gasteiger partial charge in [-0.3, -0.25) is 9.59 Å². The van der Waals surface area contributed by atoms with Crippen LogP contribution in [0.15, 0.2) is 115 Å². The number of allylic oxidation sites excluding steroid dienone is 2. The largest absolute Gasteiger partial charge is 0.462 e. The zero-order valence-electron chi connectivity index (χ0n) is 35.4. The van der Waals surface area contributed by atoms with Gasteiger partial charge in [-0.2, -0.15) is 0 Å². The molecular formula is C50H56N4O9. The summed E-state index contributed by atoms with van der Waals surface area (Å²) in [6, 6.07) is 31.2. The maximum Gasteiger partial charge on any atom is 0.407 e. The molecule has 0 saturated heterocycles. The molecule has 2 heterocycles. The van der Waals surface area contributed by atoms with E-state index in [0.29, 0.717) is 45.2 Å². The second-order valence-corrected chi connectivity index (χ2v) is 16.4. The highest BCUT2D eigenvalue weighted by Gasteiger charge is 2.34. The molecule has 13 heteroatoms. The van der Waals surface area contributed by atoms with Gasteiger partial charge in [-0.15, -0.1) is 0 Å². The van der Waals surface area contributed by atoms with Crippen LogP contribution in [0, 0.1) is 5.92 Å². The summed E-state index contributed by atoms with van der Waals surface area (Å²) in [6.45, 7) is 0.521. The molecule has 4 aromatic rings. The van der Waals surface area contributed by atoms with Gasteiger partial charge in [0.15, 0.2) is 0 Å². The quantitative estimate of drug-likeness (QED) is 0.0494. The number of hydrogen-bond donors (Lipinski definition) is 4. The average molecular weight is 857 g/mol. The molecule has 63 heavy (non-hydrogen) atoms. The lowest BCUT2D eigenvalue weighted by molar-refractivity contribution is -0.147. The van der Waals surface area contributed by atoms with Crippen LogP contribution in [-0.4, -0.2) is 84.5 Å². The van der Waals surface area contributed by atoms with Gasteiger partial charge < -0.3 is 40.2 Å². The number of fused-ring (bicyclic) bond motifs is 4. The minimum Gasteiger partial charge on any atom is -0.462 e. The van der Waals surface area contributed by atoms with Gasteiger partial charge in [0.1, 0.15) is 25.9 Å². The van der Waals surface area contributed by atoms with E-state index in [1.165, 1.54) is 0 Å². The molecule has 13 nitrogen and oxygen atoms in total. The molecule has 0 spiro atoms. The second kappa shape index (κ2) is 22.1.